The van der Waals surface area contributed by atoms with Gasteiger partial charge < -0.3 is 5.73 Å². The lowest BCUT2D eigenvalue weighted by Gasteiger charge is -2.43. The molecule has 0 radical (unpaired) electrons. The normalized spacial score (nSPS) is 26.6. The fourth-order valence-corrected chi connectivity index (χ4v) is 3.73. The van der Waals surface area contributed by atoms with Crippen LogP contribution in [0.1, 0.15) is 50.2 Å². The number of hydrogen-bond acceptors (Lipinski definition) is 1. The van der Waals surface area contributed by atoms with E-state index in [1.807, 2.05) is 6.92 Å². The molecule has 0 spiro atoms. The minimum atomic E-state index is -4.48. The topological polar surface area (TPSA) is 43.1 Å². The largest absolute Gasteiger partial charge is 0.416 e. The fourth-order valence-electron chi connectivity index (χ4n) is 3.73. The van der Waals surface area contributed by atoms with Crippen molar-refractivity contribution in [1.82, 2.24) is 0 Å². The summed E-state index contributed by atoms with van der Waals surface area (Å²) in [7, 11) is 0. The van der Waals surface area contributed by atoms with Crippen molar-refractivity contribution in [3.05, 3.63) is 35.4 Å². The third-order valence-corrected chi connectivity index (χ3v) is 4.72. The SMILES string of the molecule is CCC1CCCCC1(C(N)=O)c1ccccc1C(F)(F)F. The lowest BCUT2D eigenvalue weighted by Crippen LogP contribution is -2.49. The van der Waals surface area contributed by atoms with Gasteiger partial charge in [-0.2, -0.15) is 13.2 Å². The van der Waals surface area contributed by atoms with Crippen LogP contribution in [0.15, 0.2) is 24.3 Å². The Morgan fingerprint density at radius 1 is 1.33 bits per heavy atom. The summed E-state index contributed by atoms with van der Waals surface area (Å²) >= 11 is 0. The quantitative estimate of drug-likeness (QED) is 0.899. The summed E-state index contributed by atoms with van der Waals surface area (Å²) in [5.41, 5.74) is 3.73. The van der Waals surface area contributed by atoms with Gasteiger partial charge in [-0.1, -0.05) is 44.4 Å². The molecule has 0 bridgehead atoms. The zero-order valence-corrected chi connectivity index (χ0v) is 12.0. The minimum absolute atomic E-state index is 0.0524. The molecule has 5 heteroatoms. The van der Waals surface area contributed by atoms with E-state index in [0.29, 0.717) is 12.8 Å². The van der Waals surface area contributed by atoms with Crippen molar-refractivity contribution >= 4 is 5.91 Å². The Balaban J connectivity index is 2.66. The van der Waals surface area contributed by atoms with Crippen molar-refractivity contribution in [2.45, 2.75) is 50.6 Å². The number of amides is 1. The van der Waals surface area contributed by atoms with Gasteiger partial charge in [-0.15, -0.1) is 0 Å². The standard InChI is InChI=1S/C16H20F3NO/c1-2-11-7-5-6-10-15(11,14(20)21)12-8-3-4-9-13(12)16(17,18)19/h3-4,8-9,11H,2,5-7,10H2,1H3,(H2,20,21). The van der Waals surface area contributed by atoms with E-state index in [9.17, 15) is 18.0 Å². The van der Waals surface area contributed by atoms with Crippen LogP contribution in [-0.2, 0) is 16.4 Å². The third-order valence-electron chi connectivity index (χ3n) is 4.72. The van der Waals surface area contributed by atoms with Gasteiger partial charge in [-0.3, -0.25) is 4.79 Å². The molecule has 2 rings (SSSR count). The molecule has 1 fully saturated rings. The maximum absolute atomic E-state index is 13.3. The number of nitrogens with two attached hydrogens (primary N) is 1. The second-order valence-corrected chi connectivity index (χ2v) is 5.73. The van der Waals surface area contributed by atoms with Gasteiger partial charge in [0.1, 0.15) is 0 Å². The zero-order valence-electron chi connectivity index (χ0n) is 12.0. The number of rotatable bonds is 3. The summed E-state index contributed by atoms with van der Waals surface area (Å²) in [6.07, 6.45) is -1.03. The van der Waals surface area contributed by atoms with Crippen LogP contribution in [0.3, 0.4) is 0 Å². The van der Waals surface area contributed by atoms with Crippen LogP contribution >= 0.6 is 0 Å². The number of carbonyl (C=O) groups is 1. The van der Waals surface area contributed by atoms with Crippen LogP contribution < -0.4 is 5.73 Å². The van der Waals surface area contributed by atoms with Crippen LogP contribution in [0, 0.1) is 5.92 Å². The summed E-state index contributed by atoms with van der Waals surface area (Å²) in [6, 6.07) is 5.37. The van der Waals surface area contributed by atoms with Crippen LogP contribution in [0.25, 0.3) is 0 Å². The van der Waals surface area contributed by atoms with E-state index in [1.165, 1.54) is 12.1 Å². The first-order valence-electron chi connectivity index (χ1n) is 7.30. The van der Waals surface area contributed by atoms with Gasteiger partial charge in [0.05, 0.1) is 11.0 Å². The molecule has 0 aromatic heterocycles. The van der Waals surface area contributed by atoms with E-state index in [4.69, 9.17) is 5.73 Å². The highest BCUT2D eigenvalue weighted by Crippen LogP contribution is 2.48. The van der Waals surface area contributed by atoms with E-state index in [2.05, 4.69) is 0 Å². The molecule has 1 aromatic rings. The molecular weight excluding hydrogens is 279 g/mol. The summed E-state index contributed by atoms with van der Waals surface area (Å²) in [5, 5.41) is 0. The van der Waals surface area contributed by atoms with Crippen LogP contribution in [-0.4, -0.2) is 5.91 Å². The maximum atomic E-state index is 13.3. The summed E-state index contributed by atoms with van der Waals surface area (Å²) < 4.78 is 39.9. The highest BCUT2D eigenvalue weighted by Gasteiger charge is 2.50. The molecule has 21 heavy (non-hydrogen) atoms. The van der Waals surface area contributed by atoms with Gasteiger partial charge in [0.25, 0.3) is 0 Å². The average molecular weight is 299 g/mol. The Bertz CT molecular complexity index is 526. The molecule has 1 amide bonds. The Labute approximate surface area is 122 Å². The first kappa shape index (κ1) is 15.9. The van der Waals surface area contributed by atoms with Gasteiger partial charge in [-0.25, -0.2) is 0 Å². The molecule has 1 aliphatic rings. The van der Waals surface area contributed by atoms with E-state index in [0.717, 1.165) is 25.3 Å². The number of primary amides is 1. The lowest BCUT2D eigenvalue weighted by molar-refractivity contribution is -0.140. The smallest absolute Gasteiger partial charge is 0.369 e. The summed E-state index contributed by atoms with van der Waals surface area (Å²) in [5.74, 6) is -0.766. The highest BCUT2D eigenvalue weighted by molar-refractivity contribution is 5.88. The highest BCUT2D eigenvalue weighted by atomic mass is 19.4. The molecule has 2 atom stereocenters. The van der Waals surface area contributed by atoms with Crippen molar-refractivity contribution in [2.24, 2.45) is 11.7 Å². The summed E-state index contributed by atoms with van der Waals surface area (Å²) in [6.45, 7) is 1.91. The minimum Gasteiger partial charge on any atom is -0.369 e. The number of benzene rings is 1. The van der Waals surface area contributed by atoms with E-state index in [-0.39, 0.29) is 11.5 Å². The van der Waals surface area contributed by atoms with Gasteiger partial charge in [0, 0.05) is 0 Å². The zero-order chi connectivity index (χ0) is 15.7. The first-order chi connectivity index (χ1) is 9.84. The van der Waals surface area contributed by atoms with E-state index < -0.39 is 23.1 Å². The third kappa shape index (κ3) is 2.65. The Morgan fingerprint density at radius 3 is 2.57 bits per heavy atom. The molecule has 116 valence electrons. The molecule has 0 saturated heterocycles. The molecule has 1 aromatic carbocycles. The molecular formula is C16H20F3NO. The van der Waals surface area contributed by atoms with Gasteiger partial charge in [0.15, 0.2) is 0 Å². The van der Waals surface area contributed by atoms with E-state index >= 15 is 0 Å². The predicted octanol–water partition coefficient (Wildman–Crippen LogP) is 4.03. The first-order valence-corrected chi connectivity index (χ1v) is 7.30. The monoisotopic (exact) mass is 299 g/mol. The van der Waals surface area contributed by atoms with Gasteiger partial charge >= 0.3 is 6.18 Å². The molecule has 2 unspecified atom stereocenters. The van der Waals surface area contributed by atoms with Crippen molar-refractivity contribution in [3.63, 3.8) is 0 Å². The van der Waals surface area contributed by atoms with Crippen molar-refractivity contribution in [3.8, 4) is 0 Å². The molecule has 0 heterocycles. The van der Waals surface area contributed by atoms with Crippen molar-refractivity contribution < 1.29 is 18.0 Å². The number of carbonyl (C=O) groups excluding carboxylic acids is 1. The molecule has 1 aliphatic carbocycles. The van der Waals surface area contributed by atoms with Gasteiger partial charge in [-0.05, 0) is 30.4 Å². The van der Waals surface area contributed by atoms with Crippen LogP contribution in [0.5, 0.6) is 0 Å². The molecule has 0 aliphatic heterocycles. The Morgan fingerprint density at radius 2 is 2.00 bits per heavy atom. The van der Waals surface area contributed by atoms with Crippen LogP contribution in [0.2, 0.25) is 0 Å². The molecule has 1 saturated carbocycles. The summed E-state index contributed by atoms with van der Waals surface area (Å²) in [4.78, 5) is 12.2. The van der Waals surface area contributed by atoms with Crippen molar-refractivity contribution in [2.75, 3.05) is 0 Å². The lowest BCUT2D eigenvalue weighted by atomic mass is 9.60. The second kappa shape index (κ2) is 5.70. The molecule has 2 N–H and O–H groups in total. The van der Waals surface area contributed by atoms with E-state index in [1.54, 1.807) is 6.07 Å². The number of alkyl halides is 3. The fraction of sp³-hybridized carbons (Fsp3) is 0.562. The Hall–Kier alpha value is -1.52. The predicted molar refractivity (Wildman–Crippen MR) is 74.6 cm³/mol. The maximum Gasteiger partial charge on any atom is 0.416 e. The van der Waals surface area contributed by atoms with Gasteiger partial charge in [0.2, 0.25) is 5.91 Å². The molecule has 2 nitrogen and oxygen atoms in total. The Kier molecular flexibility index (Phi) is 4.30. The number of hydrogen-bond donors (Lipinski definition) is 1. The second-order valence-electron chi connectivity index (χ2n) is 5.73. The average Bonchev–Trinajstić information content (AvgIpc) is 2.46. The van der Waals surface area contributed by atoms with Crippen molar-refractivity contribution in [1.29, 1.82) is 0 Å². The number of halogens is 3. The van der Waals surface area contributed by atoms with Crippen LogP contribution in [0.4, 0.5) is 13.2 Å².